The van der Waals surface area contributed by atoms with Gasteiger partial charge in [0, 0.05) is 28.7 Å². The van der Waals surface area contributed by atoms with E-state index >= 15 is 0 Å². The Balaban J connectivity index is 2.01. The average molecular weight is 607 g/mol. The maximum absolute atomic E-state index is 13.9. The summed E-state index contributed by atoms with van der Waals surface area (Å²) >= 11 is 12.8. The van der Waals surface area contributed by atoms with Gasteiger partial charge in [-0.05, 0) is 61.9 Å². The van der Waals surface area contributed by atoms with Crippen LogP contribution in [0.25, 0.3) is 0 Å². The predicted octanol–water partition coefficient (Wildman–Crippen LogP) is 5.53. The highest BCUT2D eigenvalue weighted by atomic mass is 35.5. The minimum absolute atomic E-state index is 0.0176. The molecule has 0 aliphatic rings. The molecule has 2 amide bonds. The molecule has 1 N–H and O–H groups in total. The van der Waals surface area contributed by atoms with E-state index in [1.165, 1.54) is 36.3 Å². The number of hydrogen-bond acceptors (Lipinski definition) is 5. The van der Waals surface area contributed by atoms with Crippen LogP contribution in [0.3, 0.4) is 0 Å². The van der Waals surface area contributed by atoms with Crippen LogP contribution in [0.4, 0.5) is 5.69 Å². The van der Waals surface area contributed by atoms with E-state index < -0.39 is 28.5 Å². The Kier molecular flexibility index (Phi) is 11.2. The fourth-order valence-electron chi connectivity index (χ4n) is 3.97. The van der Waals surface area contributed by atoms with Gasteiger partial charge in [-0.3, -0.25) is 13.9 Å². The molecule has 0 bridgehead atoms. The Morgan fingerprint density at radius 1 is 0.950 bits per heavy atom. The van der Waals surface area contributed by atoms with Crippen molar-refractivity contribution in [2.75, 3.05) is 24.5 Å². The molecule has 0 aliphatic heterocycles. The van der Waals surface area contributed by atoms with E-state index in [0.29, 0.717) is 33.6 Å². The lowest BCUT2D eigenvalue weighted by Gasteiger charge is -2.32. The predicted molar refractivity (Wildman–Crippen MR) is 158 cm³/mol. The van der Waals surface area contributed by atoms with Crippen LogP contribution >= 0.6 is 23.2 Å². The minimum Gasteiger partial charge on any atom is -0.497 e. The monoisotopic (exact) mass is 605 g/mol. The third-order valence-electron chi connectivity index (χ3n) is 6.36. The zero-order valence-electron chi connectivity index (χ0n) is 22.6. The number of methoxy groups -OCH3 is 1. The Morgan fingerprint density at radius 2 is 1.57 bits per heavy atom. The van der Waals surface area contributed by atoms with Crippen LogP contribution < -0.4 is 14.4 Å². The summed E-state index contributed by atoms with van der Waals surface area (Å²) in [5.41, 5.74) is 0.749. The number of ether oxygens (including phenoxy) is 1. The normalized spacial score (nSPS) is 11.9. The van der Waals surface area contributed by atoms with Gasteiger partial charge in [-0.2, -0.15) is 0 Å². The Labute approximate surface area is 245 Å². The standard InChI is InChI=1S/C29H33Cl2N3O5S/c1-4-5-18-32-29(36)21(2)33(19-25-26(30)12-9-13-27(25)31)28(35)20-34(22-10-7-6-8-11-22)40(37,38)24-16-14-23(39-3)15-17-24/h6-17,21H,4-5,18-20H2,1-3H3,(H,32,36)/t21-/m1/s1. The van der Waals surface area contributed by atoms with Crippen LogP contribution in [-0.4, -0.2) is 51.4 Å². The van der Waals surface area contributed by atoms with Crippen LogP contribution in [-0.2, 0) is 26.2 Å². The van der Waals surface area contributed by atoms with Crippen molar-refractivity contribution >= 4 is 50.7 Å². The topological polar surface area (TPSA) is 96.0 Å². The first kappa shape index (κ1) is 31.3. The first-order valence-corrected chi connectivity index (χ1v) is 15.0. The summed E-state index contributed by atoms with van der Waals surface area (Å²) in [6, 6.07) is 18.2. The molecule has 1 atom stereocenters. The molecule has 0 saturated heterocycles. The van der Waals surface area contributed by atoms with Crippen molar-refractivity contribution in [2.24, 2.45) is 0 Å². The van der Waals surface area contributed by atoms with Gasteiger partial charge in [0.25, 0.3) is 10.0 Å². The molecule has 11 heteroatoms. The Morgan fingerprint density at radius 3 is 2.15 bits per heavy atom. The van der Waals surface area contributed by atoms with Gasteiger partial charge in [0.05, 0.1) is 17.7 Å². The van der Waals surface area contributed by atoms with Crippen molar-refractivity contribution in [1.82, 2.24) is 10.2 Å². The highest BCUT2D eigenvalue weighted by Gasteiger charge is 2.33. The average Bonchev–Trinajstić information content (AvgIpc) is 2.95. The molecule has 40 heavy (non-hydrogen) atoms. The molecular weight excluding hydrogens is 573 g/mol. The summed E-state index contributed by atoms with van der Waals surface area (Å²) in [5, 5.41) is 3.50. The van der Waals surface area contributed by atoms with Crippen LogP contribution in [0.1, 0.15) is 32.3 Å². The summed E-state index contributed by atoms with van der Waals surface area (Å²) in [6.45, 7) is 3.40. The number of sulfonamides is 1. The molecule has 0 aromatic heterocycles. The lowest BCUT2D eigenvalue weighted by Crippen LogP contribution is -2.51. The Bertz CT molecular complexity index is 1380. The van der Waals surface area contributed by atoms with E-state index in [2.05, 4.69) is 5.32 Å². The number of carbonyl (C=O) groups is 2. The largest absolute Gasteiger partial charge is 0.497 e. The number of nitrogens with one attached hydrogen (secondary N) is 1. The number of amides is 2. The van der Waals surface area contributed by atoms with Gasteiger partial charge < -0.3 is 15.0 Å². The van der Waals surface area contributed by atoms with Gasteiger partial charge in [0.1, 0.15) is 18.3 Å². The zero-order valence-corrected chi connectivity index (χ0v) is 25.0. The van der Waals surface area contributed by atoms with Gasteiger partial charge >= 0.3 is 0 Å². The molecule has 8 nitrogen and oxygen atoms in total. The molecule has 3 aromatic carbocycles. The molecular formula is C29H33Cl2N3O5S. The van der Waals surface area contributed by atoms with Crippen LogP contribution in [0.2, 0.25) is 10.0 Å². The second-order valence-corrected chi connectivity index (χ2v) is 11.7. The fourth-order valence-corrected chi connectivity index (χ4v) is 5.90. The highest BCUT2D eigenvalue weighted by molar-refractivity contribution is 7.92. The summed E-state index contributed by atoms with van der Waals surface area (Å²) in [6.07, 6.45) is 1.67. The van der Waals surface area contributed by atoms with Crippen molar-refractivity contribution in [1.29, 1.82) is 0 Å². The number of rotatable bonds is 13. The highest BCUT2D eigenvalue weighted by Crippen LogP contribution is 2.28. The second-order valence-electron chi connectivity index (χ2n) is 9.07. The van der Waals surface area contributed by atoms with Gasteiger partial charge in [-0.25, -0.2) is 8.42 Å². The summed E-state index contributed by atoms with van der Waals surface area (Å²) in [5.74, 6) is -0.476. The van der Waals surface area contributed by atoms with E-state index in [-0.39, 0.29) is 17.3 Å². The van der Waals surface area contributed by atoms with E-state index in [9.17, 15) is 18.0 Å². The molecule has 0 heterocycles. The molecule has 0 aliphatic carbocycles. The van der Waals surface area contributed by atoms with Crippen LogP contribution in [0.15, 0.2) is 77.7 Å². The third-order valence-corrected chi connectivity index (χ3v) is 8.85. The number of benzene rings is 3. The lowest BCUT2D eigenvalue weighted by atomic mass is 10.1. The van der Waals surface area contributed by atoms with Crippen LogP contribution in [0, 0.1) is 0 Å². The summed E-state index contributed by atoms with van der Waals surface area (Å²) < 4.78 is 33.8. The van der Waals surface area contributed by atoms with Crippen LogP contribution in [0.5, 0.6) is 5.75 Å². The van der Waals surface area contributed by atoms with E-state index in [0.717, 1.165) is 17.1 Å². The number of nitrogens with zero attached hydrogens (tertiary/aromatic N) is 2. The lowest BCUT2D eigenvalue weighted by molar-refractivity contribution is -0.139. The summed E-state index contributed by atoms with van der Waals surface area (Å²) in [7, 11) is -2.70. The maximum Gasteiger partial charge on any atom is 0.264 e. The fraction of sp³-hybridized carbons (Fsp3) is 0.310. The minimum atomic E-state index is -4.18. The van der Waals surface area contributed by atoms with E-state index in [1.54, 1.807) is 55.5 Å². The van der Waals surface area contributed by atoms with Gasteiger partial charge in [-0.1, -0.05) is 60.8 Å². The molecule has 0 fully saturated rings. The number of halogens is 2. The molecule has 3 aromatic rings. The van der Waals surface area contributed by atoms with Crippen molar-refractivity contribution in [3.63, 3.8) is 0 Å². The zero-order chi connectivity index (χ0) is 29.3. The second kappa shape index (κ2) is 14.4. The van der Waals surface area contributed by atoms with Gasteiger partial charge in [-0.15, -0.1) is 0 Å². The third kappa shape index (κ3) is 7.68. The van der Waals surface area contributed by atoms with Crippen molar-refractivity contribution in [3.8, 4) is 5.75 Å². The molecule has 0 saturated carbocycles. The van der Waals surface area contributed by atoms with E-state index in [4.69, 9.17) is 27.9 Å². The molecule has 3 rings (SSSR count). The number of unbranched alkanes of at least 4 members (excludes halogenated alkanes) is 1. The summed E-state index contributed by atoms with van der Waals surface area (Å²) in [4.78, 5) is 28.3. The molecule has 0 radical (unpaired) electrons. The van der Waals surface area contributed by atoms with Crippen molar-refractivity contribution < 1.29 is 22.7 Å². The molecule has 214 valence electrons. The van der Waals surface area contributed by atoms with E-state index in [1.807, 2.05) is 6.92 Å². The number of anilines is 1. The number of para-hydroxylation sites is 1. The van der Waals surface area contributed by atoms with Gasteiger partial charge in [0.2, 0.25) is 11.8 Å². The molecule has 0 unspecified atom stereocenters. The molecule has 0 spiro atoms. The number of hydrogen-bond donors (Lipinski definition) is 1. The van der Waals surface area contributed by atoms with Crippen molar-refractivity contribution in [3.05, 3.63) is 88.4 Å². The first-order valence-electron chi connectivity index (χ1n) is 12.8. The van der Waals surface area contributed by atoms with Gasteiger partial charge in [0.15, 0.2) is 0 Å². The first-order chi connectivity index (χ1) is 19.1. The van der Waals surface area contributed by atoms with Crippen molar-refractivity contribution in [2.45, 2.75) is 44.2 Å². The smallest absolute Gasteiger partial charge is 0.264 e. The quantitative estimate of drug-likeness (QED) is 0.258. The number of carbonyl (C=O) groups excluding carboxylic acids is 2. The SMILES string of the molecule is CCCCNC(=O)[C@@H](C)N(Cc1c(Cl)cccc1Cl)C(=O)CN(c1ccccc1)S(=O)(=O)c1ccc(OC)cc1. The maximum atomic E-state index is 13.9. The Hall–Kier alpha value is -3.27.